The third-order valence-electron chi connectivity index (χ3n) is 3.98. The summed E-state index contributed by atoms with van der Waals surface area (Å²) < 4.78 is 27.0. The molecule has 3 N–H and O–H groups in total. The first kappa shape index (κ1) is 17.5. The molecule has 3 rings (SSSR count). The largest absolute Gasteiger partial charge is 0.394 e. The van der Waals surface area contributed by atoms with E-state index in [1.54, 1.807) is 48.5 Å². The summed E-state index contributed by atoms with van der Waals surface area (Å²) in [6, 6.07) is 13.7. The highest BCUT2D eigenvalue weighted by Crippen LogP contribution is 2.25. The van der Waals surface area contributed by atoms with Crippen LogP contribution in [-0.4, -0.2) is 41.9 Å². The van der Waals surface area contributed by atoms with Crippen LogP contribution in [0.2, 0.25) is 0 Å². The van der Waals surface area contributed by atoms with Gasteiger partial charge in [0.25, 0.3) is 10.0 Å². The molecule has 3 aromatic rings. The van der Waals surface area contributed by atoms with Crippen molar-refractivity contribution in [2.45, 2.75) is 17.9 Å². The first-order valence-electron chi connectivity index (χ1n) is 7.88. The second-order valence-corrected chi connectivity index (χ2v) is 7.74. The summed E-state index contributed by atoms with van der Waals surface area (Å²) in [6.45, 7) is 1.80. The van der Waals surface area contributed by atoms with Gasteiger partial charge in [0.15, 0.2) is 0 Å². The molecule has 0 aliphatic carbocycles. The molecule has 0 aliphatic rings. The van der Waals surface area contributed by atoms with Gasteiger partial charge >= 0.3 is 0 Å². The van der Waals surface area contributed by atoms with Crippen LogP contribution in [-0.2, 0) is 10.0 Å². The van der Waals surface area contributed by atoms with Gasteiger partial charge in [0.05, 0.1) is 23.1 Å². The molecule has 1 aromatic heterocycles. The average molecular weight is 360 g/mol. The lowest BCUT2D eigenvalue weighted by atomic mass is 10.2. The van der Waals surface area contributed by atoms with E-state index in [-0.39, 0.29) is 18.0 Å². The highest BCUT2D eigenvalue weighted by atomic mass is 32.2. The molecule has 1 unspecified atom stereocenters. The number of rotatable bonds is 6. The molecule has 1 heterocycles. The molecular formula is C18H20N2O4S. The Morgan fingerprint density at radius 1 is 1.12 bits per heavy atom. The van der Waals surface area contributed by atoms with Crippen LogP contribution < -0.4 is 5.32 Å². The molecule has 0 aliphatic heterocycles. The number of aromatic nitrogens is 1. The number of fused-ring (bicyclic) bond motifs is 1. The van der Waals surface area contributed by atoms with E-state index in [2.05, 4.69) is 5.32 Å². The fourth-order valence-corrected chi connectivity index (χ4v) is 3.91. The predicted octanol–water partition coefficient (Wildman–Crippen LogP) is 1.95. The van der Waals surface area contributed by atoms with Crippen molar-refractivity contribution in [2.24, 2.45) is 0 Å². The topological polar surface area (TPSA) is 91.6 Å². The second kappa shape index (κ2) is 6.87. The third-order valence-corrected chi connectivity index (χ3v) is 5.69. The number of aryl methyl sites for hydroxylation is 1. The van der Waals surface area contributed by atoms with Crippen molar-refractivity contribution >= 4 is 26.6 Å². The minimum absolute atomic E-state index is 0.213. The van der Waals surface area contributed by atoms with Crippen molar-refractivity contribution in [2.75, 3.05) is 18.5 Å². The molecule has 132 valence electrons. The van der Waals surface area contributed by atoms with Gasteiger partial charge in [-0.3, -0.25) is 0 Å². The minimum atomic E-state index is -3.66. The fourth-order valence-electron chi connectivity index (χ4n) is 2.56. The molecule has 0 fully saturated rings. The molecule has 1 atom stereocenters. The minimum Gasteiger partial charge on any atom is -0.394 e. The predicted molar refractivity (Wildman–Crippen MR) is 97.3 cm³/mol. The summed E-state index contributed by atoms with van der Waals surface area (Å²) in [5.41, 5.74) is 2.32. The second-order valence-electron chi connectivity index (χ2n) is 5.92. The van der Waals surface area contributed by atoms with E-state index in [9.17, 15) is 13.5 Å². The Morgan fingerprint density at radius 2 is 1.84 bits per heavy atom. The average Bonchev–Trinajstić information content (AvgIpc) is 3.04. The number of benzene rings is 2. The standard InChI is InChI=1S/C18H20N2O4S/c1-13-2-5-17(6-3-13)25(23,24)20-9-8-14-10-15(4-7-18(14)20)19-11-16(22)12-21/h2-10,16,19,21-22H,11-12H2,1H3. The SMILES string of the molecule is Cc1ccc(S(=O)(=O)n2ccc3cc(NCC(O)CO)ccc32)cc1. The smallest absolute Gasteiger partial charge is 0.268 e. The Labute approximate surface area is 146 Å². The molecule has 0 amide bonds. The lowest BCUT2D eigenvalue weighted by Crippen LogP contribution is -2.22. The zero-order valence-electron chi connectivity index (χ0n) is 13.8. The lowest BCUT2D eigenvalue weighted by molar-refractivity contribution is 0.105. The maximum Gasteiger partial charge on any atom is 0.268 e. The molecular weight excluding hydrogens is 340 g/mol. The van der Waals surface area contributed by atoms with Crippen LogP contribution >= 0.6 is 0 Å². The Morgan fingerprint density at radius 3 is 2.52 bits per heavy atom. The van der Waals surface area contributed by atoms with Crippen molar-refractivity contribution in [1.82, 2.24) is 3.97 Å². The van der Waals surface area contributed by atoms with E-state index >= 15 is 0 Å². The van der Waals surface area contributed by atoms with Crippen LogP contribution in [0.15, 0.2) is 59.6 Å². The number of anilines is 1. The number of hydrogen-bond donors (Lipinski definition) is 3. The molecule has 6 nitrogen and oxygen atoms in total. The number of hydrogen-bond acceptors (Lipinski definition) is 5. The first-order chi connectivity index (χ1) is 11.9. The van der Waals surface area contributed by atoms with Crippen LogP contribution in [0.4, 0.5) is 5.69 Å². The zero-order chi connectivity index (χ0) is 18.0. The first-order valence-corrected chi connectivity index (χ1v) is 9.32. The highest BCUT2D eigenvalue weighted by molar-refractivity contribution is 7.90. The molecule has 2 aromatic carbocycles. The van der Waals surface area contributed by atoms with Gasteiger partial charge in [-0.05, 0) is 43.3 Å². The Bertz CT molecular complexity index is 978. The Kier molecular flexibility index (Phi) is 4.80. The number of nitrogens with one attached hydrogen (secondary N) is 1. The third kappa shape index (κ3) is 3.53. The molecule has 0 spiro atoms. The van der Waals surface area contributed by atoms with Gasteiger partial charge in [0, 0.05) is 23.8 Å². The summed E-state index contributed by atoms with van der Waals surface area (Å²) in [7, 11) is -3.66. The summed E-state index contributed by atoms with van der Waals surface area (Å²) in [5.74, 6) is 0. The van der Waals surface area contributed by atoms with Gasteiger partial charge in [-0.1, -0.05) is 17.7 Å². The van der Waals surface area contributed by atoms with Gasteiger partial charge in [-0.2, -0.15) is 0 Å². The maximum atomic E-state index is 12.8. The van der Waals surface area contributed by atoms with Gasteiger partial charge in [0.2, 0.25) is 0 Å². The quantitative estimate of drug-likeness (QED) is 0.625. The molecule has 25 heavy (non-hydrogen) atoms. The zero-order valence-corrected chi connectivity index (χ0v) is 14.6. The van der Waals surface area contributed by atoms with Crippen molar-refractivity contribution in [1.29, 1.82) is 0 Å². The number of nitrogens with zero attached hydrogens (tertiary/aromatic N) is 1. The van der Waals surface area contributed by atoms with Crippen LogP contribution in [0.3, 0.4) is 0 Å². The van der Waals surface area contributed by atoms with Gasteiger partial charge < -0.3 is 15.5 Å². The monoisotopic (exact) mass is 360 g/mol. The Balaban J connectivity index is 1.94. The van der Waals surface area contributed by atoms with Crippen molar-refractivity contribution in [3.8, 4) is 0 Å². The van der Waals surface area contributed by atoms with E-state index < -0.39 is 16.1 Å². The summed E-state index contributed by atoms with van der Waals surface area (Å²) in [4.78, 5) is 0.240. The summed E-state index contributed by atoms with van der Waals surface area (Å²) in [5, 5.41) is 22.0. The van der Waals surface area contributed by atoms with Crippen LogP contribution in [0, 0.1) is 6.92 Å². The van der Waals surface area contributed by atoms with E-state index in [0.29, 0.717) is 5.52 Å². The number of aliphatic hydroxyl groups excluding tert-OH is 2. The van der Waals surface area contributed by atoms with Crippen molar-refractivity contribution in [3.63, 3.8) is 0 Å². The Hall–Kier alpha value is -2.35. The molecule has 0 radical (unpaired) electrons. The van der Waals surface area contributed by atoms with E-state index in [0.717, 1.165) is 16.6 Å². The summed E-state index contributed by atoms with van der Waals surface area (Å²) in [6.07, 6.45) is 0.689. The molecule has 0 bridgehead atoms. The highest BCUT2D eigenvalue weighted by Gasteiger charge is 2.18. The number of aliphatic hydroxyl groups is 2. The fraction of sp³-hybridized carbons (Fsp3) is 0.222. The lowest BCUT2D eigenvalue weighted by Gasteiger charge is -2.11. The maximum absolute atomic E-state index is 12.8. The molecule has 0 saturated carbocycles. The van der Waals surface area contributed by atoms with E-state index in [1.165, 1.54) is 10.2 Å². The molecule has 7 heteroatoms. The van der Waals surface area contributed by atoms with Crippen LogP contribution in [0.25, 0.3) is 10.9 Å². The van der Waals surface area contributed by atoms with Crippen LogP contribution in [0.1, 0.15) is 5.56 Å². The van der Waals surface area contributed by atoms with E-state index in [4.69, 9.17) is 5.11 Å². The van der Waals surface area contributed by atoms with Gasteiger partial charge in [0.1, 0.15) is 0 Å². The van der Waals surface area contributed by atoms with Crippen molar-refractivity contribution in [3.05, 3.63) is 60.3 Å². The van der Waals surface area contributed by atoms with Gasteiger partial charge in [-0.25, -0.2) is 12.4 Å². The van der Waals surface area contributed by atoms with Gasteiger partial charge in [-0.15, -0.1) is 0 Å². The molecule has 0 saturated heterocycles. The normalized spacial score (nSPS) is 13.1. The van der Waals surface area contributed by atoms with Crippen molar-refractivity contribution < 1.29 is 18.6 Å². The van der Waals surface area contributed by atoms with E-state index in [1.807, 2.05) is 6.92 Å². The summed E-state index contributed by atoms with van der Waals surface area (Å²) >= 11 is 0. The van der Waals surface area contributed by atoms with Crippen LogP contribution in [0.5, 0.6) is 0 Å².